The van der Waals surface area contributed by atoms with Crippen molar-refractivity contribution in [1.29, 1.82) is 0 Å². The number of thioether (sulfide) groups is 3. The normalized spacial score (nSPS) is 12.0. The Kier molecular flexibility index (Phi) is 41.4. The van der Waals surface area contributed by atoms with Crippen molar-refractivity contribution >= 4 is 81.2 Å². The lowest BCUT2D eigenvalue weighted by atomic mass is 10.4. The van der Waals surface area contributed by atoms with Gasteiger partial charge in [0.2, 0.25) is 0 Å². The third-order valence-electron chi connectivity index (χ3n) is 6.99. The van der Waals surface area contributed by atoms with Gasteiger partial charge >= 0.3 is 0 Å². The molecule has 13 heteroatoms. The Bertz CT molecular complexity index is 483. The molecule has 0 rings (SSSR count). The third kappa shape index (κ3) is 34.0. The first kappa shape index (κ1) is 46.1. The standard InChI is InChI=1S/C31H66O6S6Si/c1-2-3-28-44(29-4-22-41-25-16-35-10-7-32-13-19-38,30-5-23-42-26-17-36-11-8-33-14-20-39)31-6-24-43-27-18-37-12-9-34-15-21-40/h38-40H,2-31H2,1H3. The highest BCUT2D eigenvalue weighted by molar-refractivity contribution is 7.99. The molecule has 0 unspecified atom stereocenters. The van der Waals surface area contributed by atoms with Crippen molar-refractivity contribution in [3.05, 3.63) is 0 Å². The van der Waals surface area contributed by atoms with Gasteiger partial charge in [0.05, 0.1) is 87.4 Å². The van der Waals surface area contributed by atoms with Crippen molar-refractivity contribution in [2.24, 2.45) is 0 Å². The summed E-state index contributed by atoms with van der Waals surface area (Å²) in [4.78, 5) is 0. The molecule has 0 heterocycles. The van der Waals surface area contributed by atoms with Gasteiger partial charge < -0.3 is 28.4 Å². The van der Waals surface area contributed by atoms with Crippen molar-refractivity contribution in [2.45, 2.75) is 63.2 Å². The summed E-state index contributed by atoms with van der Waals surface area (Å²) in [5.74, 6) is 9.31. The van der Waals surface area contributed by atoms with Crippen LogP contribution < -0.4 is 0 Å². The van der Waals surface area contributed by atoms with E-state index in [9.17, 15) is 0 Å². The molecule has 0 N–H and O–H groups in total. The molecule has 0 aromatic rings. The Morgan fingerprint density at radius 1 is 0.386 bits per heavy atom. The van der Waals surface area contributed by atoms with Gasteiger partial charge in [0, 0.05) is 34.5 Å². The summed E-state index contributed by atoms with van der Waals surface area (Å²) in [6, 6.07) is 5.96. The minimum atomic E-state index is -1.30. The van der Waals surface area contributed by atoms with E-state index in [4.69, 9.17) is 28.4 Å². The maximum Gasteiger partial charge on any atom is 0.0700 e. The summed E-state index contributed by atoms with van der Waals surface area (Å²) in [6.07, 6.45) is 6.79. The molecule has 6 nitrogen and oxygen atoms in total. The SMILES string of the molecule is CCCC[Si](CCCSCCOCCOCCS)(CCCSCCOCCOCCS)CCCSCCOCCOCCS. The average Bonchev–Trinajstić information content (AvgIpc) is 3.04. The second-order valence-corrected chi connectivity index (χ2v) is 20.6. The van der Waals surface area contributed by atoms with Crippen LogP contribution in [0.4, 0.5) is 0 Å². The zero-order valence-electron chi connectivity index (χ0n) is 27.7. The van der Waals surface area contributed by atoms with Gasteiger partial charge in [-0.25, -0.2) is 0 Å². The van der Waals surface area contributed by atoms with Crippen LogP contribution in [0, 0.1) is 0 Å². The number of hydrogen-bond acceptors (Lipinski definition) is 12. The van der Waals surface area contributed by atoms with Gasteiger partial charge in [-0.15, -0.1) is 0 Å². The highest BCUT2D eigenvalue weighted by Gasteiger charge is 2.30. The Morgan fingerprint density at radius 2 is 0.682 bits per heavy atom. The zero-order chi connectivity index (χ0) is 32.1. The van der Waals surface area contributed by atoms with E-state index in [0.717, 1.165) is 54.3 Å². The van der Waals surface area contributed by atoms with Gasteiger partial charge in [0.15, 0.2) is 0 Å². The van der Waals surface area contributed by atoms with Gasteiger partial charge in [0.25, 0.3) is 0 Å². The van der Waals surface area contributed by atoms with E-state index in [0.29, 0.717) is 59.5 Å². The fourth-order valence-corrected chi connectivity index (χ4v) is 13.7. The molecule has 266 valence electrons. The van der Waals surface area contributed by atoms with Crippen LogP contribution in [0.2, 0.25) is 24.2 Å². The first-order valence-electron chi connectivity index (χ1n) is 16.8. The molecule has 0 aliphatic heterocycles. The molecule has 0 aliphatic carbocycles. The molecule has 0 atom stereocenters. The molecule has 0 aromatic carbocycles. The highest BCUT2D eigenvalue weighted by Crippen LogP contribution is 2.34. The molecule has 0 bridgehead atoms. The molecule has 0 aromatic heterocycles. The monoisotopic (exact) mass is 754 g/mol. The number of hydrogen-bond donors (Lipinski definition) is 3. The summed E-state index contributed by atoms with van der Waals surface area (Å²) < 4.78 is 33.5. The van der Waals surface area contributed by atoms with Crippen molar-refractivity contribution in [2.75, 3.05) is 131 Å². The lowest BCUT2D eigenvalue weighted by Crippen LogP contribution is -2.34. The molecule has 0 saturated heterocycles. The van der Waals surface area contributed by atoms with Gasteiger partial charge in [-0.05, 0) is 36.5 Å². The first-order chi connectivity index (χ1) is 21.7. The topological polar surface area (TPSA) is 55.4 Å². The van der Waals surface area contributed by atoms with Crippen molar-refractivity contribution < 1.29 is 28.4 Å². The molecule has 0 spiro atoms. The first-order valence-corrected chi connectivity index (χ1v) is 25.0. The fraction of sp³-hybridized carbons (Fsp3) is 1.00. The summed E-state index contributed by atoms with van der Waals surface area (Å²) in [5, 5.41) is 0. The van der Waals surface area contributed by atoms with E-state index < -0.39 is 8.07 Å². The van der Waals surface area contributed by atoms with E-state index in [1.807, 2.05) is 0 Å². The second-order valence-electron chi connectivity index (χ2n) is 10.6. The number of unbranched alkanes of at least 4 members (excludes halogenated alkanes) is 1. The summed E-state index contributed by atoms with van der Waals surface area (Å²) in [5.41, 5.74) is 0. The molecule has 0 amide bonds. The van der Waals surface area contributed by atoms with Crippen molar-refractivity contribution in [1.82, 2.24) is 0 Å². The van der Waals surface area contributed by atoms with Gasteiger partial charge in [-0.3, -0.25) is 0 Å². The lowest BCUT2D eigenvalue weighted by Gasteiger charge is -2.33. The third-order valence-corrected chi connectivity index (χ3v) is 16.3. The fourth-order valence-electron chi connectivity index (χ4n) is 4.77. The van der Waals surface area contributed by atoms with Gasteiger partial charge in [0.1, 0.15) is 0 Å². The van der Waals surface area contributed by atoms with Gasteiger partial charge in [-0.1, -0.05) is 43.9 Å². The Morgan fingerprint density at radius 3 is 0.977 bits per heavy atom. The highest BCUT2D eigenvalue weighted by atomic mass is 32.2. The lowest BCUT2D eigenvalue weighted by molar-refractivity contribution is 0.0606. The number of thiol groups is 3. The summed E-state index contributed by atoms with van der Waals surface area (Å²) in [6.45, 7) is 11.0. The Labute approximate surface area is 302 Å². The molecule has 0 saturated carbocycles. The molecular weight excluding hydrogens is 689 g/mol. The summed E-state index contributed by atoms with van der Waals surface area (Å²) >= 11 is 18.7. The molecule has 0 fully saturated rings. The number of rotatable bonds is 39. The van der Waals surface area contributed by atoms with Crippen LogP contribution >= 0.6 is 73.2 Å². The largest absolute Gasteiger partial charge is 0.378 e. The van der Waals surface area contributed by atoms with E-state index in [2.05, 4.69) is 80.1 Å². The zero-order valence-corrected chi connectivity index (χ0v) is 33.9. The predicted octanol–water partition coefficient (Wildman–Crippen LogP) is 7.49. The molecule has 0 radical (unpaired) electrons. The second kappa shape index (κ2) is 39.5. The predicted molar refractivity (Wildman–Crippen MR) is 212 cm³/mol. The van der Waals surface area contributed by atoms with Crippen molar-refractivity contribution in [3.8, 4) is 0 Å². The average molecular weight is 755 g/mol. The molecule has 44 heavy (non-hydrogen) atoms. The van der Waals surface area contributed by atoms with Crippen LogP contribution in [0.5, 0.6) is 0 Å². The van der Waals surface area contributed by atoms with Gasteiger partial charge in [-0.2, -0.15) is 73.2 Å². The van der Waals surface area contributed by atoms with E-state index in [1.54, 1.807) is 0 Å². The smallest absolute Gasteiger partial charge is 0.0700 e. The van der Waals surface area contributed by atoms with Crippen LogP contribution in [-0.4, -0.2) is 139 Å². The van der Waals surface area contributed by atoms with Crippen LogP contribution in [0.15, 0.2) is 0 Å². The van der Waals surface area contributed by atoms with Crippen LogP contribution in [-0.2, 0) is 28.4 Å². The summed E-state index contributed by atoms with van der Waals surface area (Å²) in [7, 11) is -1.30. The minimum Gasteiger partial charge on any atom is -0.378 e. The maximum atomic E-state index is 5.72. The minimum absolute atomic E-state index is 0.671. The maximum absolute atomic E-state index is 5.72. The Balaban J connectivity index is 4.46. The van der Waals surface area contributed by atoms with E-state index in [1.165, 1.54) is 73.5 Å². The molecule has 0 aliphatic rings. The Hall–Kier alpha value is 2.08. The van der Waals surface area contributed by atoms with Crippen LogP contribution in [0.1, 0.15) is 39.0 Å². The van der Waals surface area contributed by atoms with E-state index >= 15 is 0 Å². The van der Waals surface area contributed by atoms with E-state index in [-0.39, 0.29) is 0 Å². The van der Waals surface area contributed by atoms with Crippen LogP contribution in [0.25, 0.3) is 0 Å². The van der Waals surface area contributed by atoms with Crippen molar-refractivity contribution in [3.63, 3.8) is 0 Å². The molecular formula is C31H66O6S6Si. The quantitative estimate of drug-likeness (QED) is 0.0337. The number of ether oxygens (including phenoxy) is 6. The van der Waals surface area contributed by atoms with Crippen LogP contribution in [0.3, 0.4) is 0 Å².